The van der Waals surface area contributed by atoms with Crippen LogP contribution in [-0.2, 0) is 0 Å². The fourth-order valence-electron chi connectivity index (χ4n) is 1.04. The summed E-state index contributed by atoms with van der Waals surface area (Å²) in [5.74, 6) is 0.609. The number of anilines is 1. The molecule has 2 rings (SSSR count). The lowest BCUT2D eigenvalue weighted by atomic mass is 10.6. The molecule has 0 fully saturated rings. The van der Waals surface area contributed by atoms with Gasteiger partial charge in [0.2, 0.25) is 0 Å². The zero-order chi connectivity index (χ0) is 7.84. The fraction of sp³-hybridized carbons (Fsp3) is 0.200. The summed E-state index contributed by atoms with van der Waals surface area (Å²) in [6, 6.07) is 1.74. The Morgan fingerprint density at radius 1 is 1.64 bits per heavy atom. The second-order valence-corrected chi connectivity index (χ2v) is 2.14. The van der Waals surface area contributed by atoms with Gasteiger partial charge in [-0.15, -0.1) is 10.2 Å². The number of fused-ring (bicyclic) bond motifs is 1. The summed E-state index contributed by atoms with van der Waals surface area (Å²) in [5, 5.41) is 7.53. The minimum Gasteiger partial charge on any atom is -0.382 e. The average Bonchev–Trinajstić information content (AvgIpc) is 2.46. The Labute approximate surface area is 62.6 Å². The van der Waals surface area contributed by atoms with Crippen LogP contribution in [0.25, 0.3) is 5.65 Å². The molecule has 2 heterocycles. The first-order valence-corrected chi connectivity index (χ1v) is 3.18. The van der Waals surface area contributed by atoms with Gasteiger partial charge < -0.3 is 11.2 Å². The van der Waals surface area contributed by atoms with Crippen molar-refractivity contribution in [2.75, 3.05) is 18.2 Å². The van der Waals surface area contributed by atoms with Crippen LogP contribution in [0.4, 0.5) is 5.82 Å². The van der Waals surface area contributed by atoms with Crippen LogP contribution in [-0.4, -0.2) is 26.6 Å². The molecule has 2 aromatic rings. The summed E-state index contributed by atoms with van der Waals surface area (Å²) in [7, 11) is 1.77. The van der Waals surface area contributed by atoms with Gasteiger partial charge in [-0.25, -0.2) is 4.52 Å². The number of hydrogen-bond donors (Lipinski definition) is 2. The first kappa shape index (κ1) is 6.02. The van der Waals surface area contributed by atoms with Gasteiger partial charge in [-0.3, -0.25) is 0 Å². The third-order valence-electron chi connectivity index (χ3n) is 1.50. The topological polar surface area (TPSA) is 73.2 Å². The van der Waals surface area contributed by atoms with Gasteiger partial charge in [-0.2, -0.15) is 4.79 Å². The van der Waals surface area contributed by atoms with Crippen molar-refractivity contribution in [1.29, 1.82) is 0 Å². The molecular formula is C5H8N6. The standard InChI is InChI=1S/C5H8N6/c1-7-11-4(6)2-5-9-8-3-10(5)11/h2-3,7H,6H2,1H3. The minimum atomic E-state index is 0.609. The van der Waals surface area contributed by atoms with Crippen LogP contribution in [0.1, 0.15) is 0 Å². The highest BCUT2D eigenvalue weighted by molar-refractivity contribution is 5.48. The van der Waals surface area contributed by atoms with Crippen LogP contribution in [0.2, 0.25) is 0 Å². The molecule has 0 aliphatic carbocycles. The summed E-state index contributed by atoms with van der Waals surface area (Å²) in [4.78, 5) is 1.65. The Bertz CT molecular complexity index is 371. The Kier molecular flexibility index (Phi) is 1.03. The molecule has 0 bridgehead atoms. The average molecular weight is 152 g/mol. The van der Waals surface area contributed by atoms with E-state index in [2.05, 4.69) is 15.6 Å². The maximum Gasteiger partial charge on any atom is 0.181 e. The molecule has 0 unspecified atom stereocenters. The third-order valence-corrected chi connectivity index (χ3v) is 1.50. The van der Waals surface area contributed by atoms with Crippen molar-refractivity contribution in [1.82, 2.24) is 19.5 Å². The monoisotopic (exact) mass is 152 g/mol. The van der Waals surface area contributed by atoms with Crippen molar-refractivity contribution in [3.63, 3.8) is 0 Å². The lowest BCUT2D eigenvalue weighted by Crippen LogP contribution is -2.16. The highest BCUT2D eigenvalue weighted by atomic mass is 15.6. The van der Waals surface area contributed by atoms with Crippen LogP contribution in [0.15, 0.2) is 12.4 Å². The van der Waals surface area contributed by atoms with E-state index in [1.165, 1.54) is 0 Å². The lowest BCUT2D eigenvalue weighted by Gasteiger charge is -2.03. The molecule has 58 valence electrons. The van der Waals surface area contributed by atoms with E-state index in [-0.39, 0.29) is 0 Å². The van der Waals surface area contributed by atoms with Crippen LogP contribution in [0, 0.1) is 0 Å². The molecule has 11 heavy (non-hydrogen) atoms. The van der Waals surface area contributed by atoms with Gasteiger partial charge in [0, 0.05) is 13.1 Å². The highest BCUT2D eigenvalue weighted by Gasteiger charge is 2.03. The number of rotatable bonds is 1. The quantitative estimate of drug-likeness (QED) is 0.566. The second-order valence-electron chi connectivity index (χ2n) is 2.14. The summed E-state index contributed by atoms with van der Waals surface area (Å²) < 4.78 is 1.72. The van der Waals surface area contributed by atoms with Gasteiger partial charge >= 0.3 is 0 Å². The van der Waals surface area contributed by atoms with Gasteiger partial charge in [0.1, 0.15) is 12.1 Å². The maximum atomic E-state index is 5.62. The molecule has 0 aromatic carbocycles. The molecule has 6 heteroatoms. The zero-order valence-corrected chi connectivity index (χ0v) is 6.02. The van der Waals surface area contributed by atoms with Gasteiger partial charge in [-0.05, 0) is 0 Å². The molecule has 0 aliphatic rings. The summed E-state index contributed by atoms with van der Waals surface area (Å²) >= 11 is 0. The molecule has 0 aliphatic heterocycles. The normalized spacial score (nSPS) is 10.6. The second kappa shape index (κ2) is 1.88. The SMILES string of the molecule is CNn1c(N)cc2nncn21. The van der Waals surface area contributed by atoms with Gasteiger partial charge in [-0.1, -0.05) is 0 Å². The molecule has 0 radical (unpaired) electrons. The maximum absolute atomic E-state index is 5.62. The van der Waals surface area contributed by atoms with Crippen molar-refractivity contribution in [3.05, 3.63) is 12.4 Å². The molecule has 0 saturated carbocycles. The molecule has 6 nitrogen and oxygen atoms in total. The zero-order valence-electron chi connectivity index (χ0n) is 6.02. The van der Waals surface area contributed by atoms with Crippen LogP contribution < -0.4 is 11.2 Å². The Morgan fingerprint density at radius 3 is 3.18 bits per heavy atom. The van der Waals surface area contributed by atoms with E-state index >= 15 is 0 Å². The number of hydrogen-bond acceptors (Lipinski definition) is 4. The lowest BCUT2D eigenvalue weighted by molar-refractivity contribution is 0.728. The molecular weight excluding hydrogens is 144 g/mol. The van der Waals surface area contributed by atoms with Crippen LogP contribution >= 0.6 is 0 Å². The van der Waals surface area contributed by atoms with Gasteiger partial charge in [0.15, 0.2) is 5.65 Å². The van der Waals surface area contributed by atoms with Gasteiger partial charge in [0.25, 0.3) is 0 Å². The van der Waals surface area contributed by atoms with E-state index < -0.39 is 0 Å². The first-order valence-electron chi connectivity index (χ1n) is 3.18. The number of nitrogens with two attached hydrogens (primary N) is 1. The Hall–Kier alpha value is -1.72. The fourth-order valence-corrected chi connectivity index (χ4v) is 1.04. The van der Waals surface area contributed by atoms with Crippen molar-refractivity contribution in [2.24, 2.45) is 0 Å². The molecule has 3 N–H and O–H groups in total. The third kappa shape index (κ3) is 0.658. The van der Waals surface area contributed by atoms with E-state index in [1.807, 2.05) is 0 Å². The summed E-state index contributed by atoms with van der Waals surface area (Å²) in [6.07, 6.45) is 1.59. The van der Waals surface area contributed by atoms with Crippen molar-refractivity contribution in [2.45, 2.75) is 0 Å². The van der Waals surface area contributed by atoms with E-state index in [0.717, 1.165) is 5.65 Å². The van der Waals surface area contributed by atoms with Crippen LogP contribution in [0.5, 0.6) is 0 Å². The van der Waals surface area contributed by atoms with E-state index in [1.54, 1.807) is 28.7 Å². The minimum absolute atomic E-state index is 0.609. The predicted molar refractivity (Wildman–Crippen MR) is 40.7 cm³/mol. The van der Waals surface area contributed by atoms with E-state index in [4.69, 9.17) is 5.73 Å². The first-order chi connectivity index (χ1) is 5.33. The van der Waals surface area contributed by atoms with Gasteiger partial charge in [0.05, 0.1) is 0 Å². The van der Waals surface area contributed by atoms with Crippen molar-refractivity contribution >= 4 is 11.5 Å². The summed E-state index contributed by atoms with van der Waals surface area (Å²) in [5.41, 5.74) is 9.23. The molecule has 0 amide bonds. The smallest absolute Gasteiger partial charge is 0.181 e. The molecule has 0 spiro atoms. The number of aromatic nitrogens is 4. The Balaban J connectivity index is 2.80. The predicted octanol–water partition coefficient (Wildman–Crippen LogP) is -0.714. The number of nitrogens with one attached hydrogen (secondary N) is 1. The highest BCUT2D eigenvalue weighted by Crippen LogP contribution is 2.06. The molecule has 2 aromatic heterocycles. The van der Waals surface area contributed by atoms with Crippen molar-refractivity contribution < 1.29 is 0 Å². The number of nitrogen functional groups attached to an aromatic ring is 1. The number of nitrogens with zero attached hydrogens (tertiary/aromatic N) is 4. The molecule has 0 saturated heterocycles. The van der Waals surface area contributed by atoms with Crippen LogP contribution in [0.3, 0.4) is 0 Å². The van der Waals surface area contributed by atoms with Crippen molar-refractivity contribution in [3.8, 4) is 0 Å². The molecule has 0 atom stereocenters. The largest absolute Gasteiger partial charge is 0.382 e. The Morgan fingerprint density at radius 2 is 2.45 bits per heavy atom. The van der Waals surface area contributed by atoms with E-state index in [0.29, 0.717) is 5.82 Å². The van der Waals surface area contributed by atoms with E-state index in [9.17, 15) is 0 Å². The summed E-state index contributed by atoms with van der Waals surface area (Å²) in [6.45, 7) is 0.